The van der Waals surface area contributed by atoms with Crippen molar-refractivity contribution in [3.05, 3.63) is 12.2 Å². The van der Waals surface area contributed by atoms with Crippen molar-refractivity contribution < 1.29 is 56.2 Å². The number of hydrogen-bond donors (Lipinski definition) is 4. The summed E-state index contributed by atoms with van der Waals surface area (Å²) >= 11 is 0. The molecule has 64 heavy (non-hydrogen) atoms. The molecule has 0 radical (unpaired) electrons. The fourth-order valence-electron chi connectivity index (χ4n) is 8.38. The summed E-state index contributed by atoms with van der Waals surface area (Å²) in [5, 5.41) is 30.8. The van der Waals surface area contributed by atoms with Gasteiger partial charge >= 0.3 is 16.4 Å². The first kappa shape index (κ1) is 60.9. The molecule has 380 valence electrons. The summed E-state index contributed by atoms with van der Waals surface area (Å²) in [5.74, 6) is -0.393. The molecular weight excluding hydrogens is 837 g/mol. The predicted molar refractivity (Wildman–Crippen MR) is 258 cm³/mol. The van der Waals surface area contributed by atoms with Crippen molar-refractivity contribution >= 4 is 16.4 Å². The molecule has 1 aliphatic rings. The molecule has 0 aliphatic carbocycles. The Bertz CT molecular complexity index is 1170. The smallest absolute Gasteiger partial charge is 0.397 e. The van der Waals surface area contributed by atoms with Crippen LogP contribution in [0.1, 0.15) is 245 Å². The molecule has 1 saturated heterocycles. The lowest BCUT2D eigenvalue weighted by Gasteiger charge is -2.41. The Morgan fingerprint density at radius 2 is 0.984 bits per heavy atom. The second-order valence-corrected chi connectivity index (χ2v) is 19.5. The first-order chi connectivity index (χ1) is 31.1. The highest BCUT2D eigenvalue weighted by molar-refractivity contribution is 7.80. The largest absolute Gasteiger partial charge is 0.457 e. The van der Waals surface area contributed by atoms with Crippen LogP contribution < -0.4 is 0 Å². The Morgan fingerprint density at radius 3 is 1.41 bits per heavy atom. The summed E-state index contributed by atoms with van der Waals surface area (Å²) in [5.41, 5.74) is 0. The zero-order chi connectivity index (χ0) is 46.8. The van der Waals surface area contributed by atoms with Gasteiger partial charge in [0.2, 0.25) is 0 Å². The zero-order valence-electron chi connectivity index (χ0n) is 40.9. The Labute approximate surface area is 391 Å². The van der Waals surface area contributed by atoms with E-state index in [0.717, 1.165) is 38.5 Å². The summed E-state index contributed by atoms with van der Waals surface area (Å²) in [6, 6.07) is 0. The highest BCUT2D eigenvalue weighted by Crippen LogP contribution is 2.26. The Kier molecular flexibility index (Phi) is 41.0. The molecule has 0 aromatic rings. The quantitative estimate of drug-likeness (QED) is 0.0197. The average Bonchev–Trinajstić information content (AvgIpc) is 3.27. The first-order valence-corrected chi connectivity index (χ1v) is 27.8. The van der Waals surface area contributed by atoms with Gasteiger partial charge in [-0.1, -0.05) is 212 Å². The number of esters is 1. The third kappa shape index (κ3) is 36.0. The Hall–Kier alpha value is -1.16. The van der Waals surface area contributed by atoms with E-state index in [9.17, 15) is 33.1 Å². The number of unbranched alkanes of at least 4 members (excludes halogenated alkanes) is 32. The van der Waals surface area contributed by atoms with Crippen LogP contribution in [0, 0.1) is 0 Å². The van der Waals surface area contributed by atoms with Crippen molar-refractivity contribution in [2.45, 2.75) is 282 Å². The number of carbonyl (C=O) groups is 1. The van der Waals surface area contributed by atoms with E-state index in [-0.39, 0.29) is 19.6 Å². The molecule has 6 atom stereocenters. The number of ether oxygens (including phenoxy) is 4. The van der Waals surface area contributed by atoms with Crippen LogP contribution >= 0.6 is 0 Å². The number of allylic oxidation sites excluding steroid dienone is 2. The van der Waals surface area contributed by atoms with E-state index in [4.69, 9.17) is 18.9 Å². The van der Waals surface area contributed by atoms with E-state index in [1.807, 2.05) is 0 Å². The first-order valence-electron chi connectivity index (χ1n) is 26.4. The summed E-state index contributed by atoms with van der Waals surface area (Å²) in [4.78, 5) is 12.9. The van der Waals surface area contributed by atoms with Crippen LogP contribution in [0.5, 0.6) is 0 Å². The Morgan fingerprint density at radius 1 is 0.578 bits per heavy atom. The molecule has 4 N–H and O–H groups in total. The van der Waals surface area contributed by atoms with E-state index in [1.165, 1.54) is 180 Å². The summed E-state index contributed by atoms with van der Waals surface area (Å²) in [6.07, 6.45) is 39.5. The van der Waals surface area contributed by atoms with Crippen LogP contribution in [0.15, 0.2) is 12.2 Å². The third-order valence-electron chi connectivity index (χ3n) is 12.4. The van der Waals surface area contributed by atoms with Crippen molar-refractivity contribution in [1.82, 2.24) is 0 Å². The number of aliphatic hydroxyl groups excluding tert-OH is 3. The average molecular weight is 935 g/mol. The molecule has 0 aromatic heterocycles. The lowest BCUT2D eigenvalue weighted by atomic mass is 9.99. The van der Waals surface area contributed by atoms with Gasteiger partial charge < -0.3 is 34.3 Å². The van der Waals surface area contributed by atoms with Gasteiger partial charge in [-0.15, -0.1) is 0 Å². The SMILES string of the molecule is CCCCCCCC/C=C\CCCCCCCCCCCCOCC(COC1OC(CO)C(O)C(OS(=O)(=O)O)C1O)OC(=O)CCCCCCCCCCCCCCCCCCC. The van der Waals surface area contributed by atoms with Gasteiger partial charge in [0.1, 0.15) is 30.5 Å². The molecule has 0 spiro atoms. The third-order valence-corrected chi connectivity index (χ3v) is 12.9. The van der Waals surface area contributed by atoms with Gasteiger partial charge in [0.15, 0.2) is 6.29 Å². The maximum Gasteiger partial charge on any atom is 0.397 e. The van der Waals surface area contributed by atoms with Gasteiger partial charge in [0, 0.05) is 13.0 Å². The molecule has 0 amide bonds. The summed E-state index contributed by atoms with van der Waals surface area (Å²) in [7, 11) is -5.06. The lowest BCUT2D eigenvalue weighted by molar-refractivity contribution is -0.301. The van der Waals surface area contributed by atoms with E-state index in [2.05, 4.69) is 30.2 Å². The molecule has 6 unspecified atom stereocenters. The lowest BCUT2D eigenvalue weighted by Crippen LogP contribution is -2.60. The van der Waals surface area contributed by atoms with Crippen LogP contribution in [-0.4, -0.2) is 97.5 Å². The number of hydrogen-bond acceptors (Lipinski definition) is 11. The fraction of sp³-hybridized carbons (Fsp3) is 0.941. The van der Waals surface area contributed by atoms with E-state index in [1.54, 1.807) is 0 Å². The molecule has 1 rings (SSSR count). The fourth-order valence-corrected chi connectivity index (χ4v) is 8.88. The molecule has 1 heterocycles. The minimum Gasteiger partial charge on any atom is -0.457 e. The molecular formula is C51H98O12S. The van der Waals surface area contributed by atoms with Crippen molar-refractivity contribution in [3.63, 3.8) is 0 Å². The molecule has 1 aliphatic heterocycles. The van der Waals surface area contributed by atoms with E-state index in [0.29, 0.717) is 13.0 Å². The molecule has 13 heteroatoms. The molecule has 12 nitrogen and oxygen atoms in total. The van der Waals surface area contributed by atoms with Gasteiger partial charge in [0.05, 0.1) is 19.8 Å². The maximum absolute atomic E-state index is 12.9. The van der Waals surface area contributed by atoms with Crippen molar-refractivity contribution in [2.24, 2.45) is 0 Å². The van der Waals surface area contributed by atoms with Gasteiger partial charge in [-0.25, -0.2) is 4.18 Å². The molecule has 0 bridgehead atoms. The highest BCUT2D eigenvalue weighted by Gasteiger charge is 2.48. The minimum absolute atomic E-state index is 0.0412. The Balaban J connectivity index is 2.33. The molecule has 0 aromatic carbocycles. The maximum atomic E-state index is 12.9. The normalized spacial score (nSPS) is 19.8. The molecule has 1 fully saturated rings. The second kappa shape index (κ2) is 43.1. The van der Waals surface area contributed by atoms with Gasteiger partial charge in [0.25, 0.3) is 0 Å². The van der Waals surface area contributed by atoms with E-state index < -0.39 is 59.8 Å². The predicted octanol–water partition coefficient (Wildman–Crippen LogP) is 12.2. The minimum atomic E-state index is -5.06. The van der Waals surface area contributed by atoms with Crippen LogP contribution in [0.2, 0.25) is 0 Å². The van der Waals surface area contributed by atoms with Gasteiger partial charge in [-0.05, 0) is 38.5 Å². The second-order valence-electron chi connectivity index (χ2n) is 18.5. The standard InChI is InChI=1S/C51H98O12S/c1-3-5-7-9-11-13-15-17-19-21-22-23-25-27-29-31-33-35-37-39-41-59-43-45(44-60-51-49(55)50(63-64(56,57)58)48(54)46(42-52)62-51)61-47(53)40-38-36-34-32-30-28-26-24-20-18-16-14-12-10-8-6-4-2/h17,19,45-46,48-52,54-55H,3-16,18,20-44H2,1-2H3,(H,56,57,58)/b19-17-. The number of aliphatic hydroxyl groups is 3. The zero-order valence-corrected chi connectivity index (χ0v) is 41.7. The van der Waals surface area contributed by atoms with Crippen molar-refractivity contribution in [1.29, 1.82) is 0 Å². The van der Waals surface area contributed by atoms with Crippen LogP contribution in [-0.2, 0) is 38.3 Å². The van der Waals surface area contributed by atoms with Crippen LogP contribution in [0.4, 0.5) is 0 Å². The highest BCUT2D eigenvalue weighted by atomic mass is 32.3. The van der Waals surface area contributed by atoms with Crippen LogP contribution in [0.25, 0.3) is 0 Å². The monoisotopic (exact) mass is 935 g/mol. The van der Waals surface area contributed by atoms with Crippen molar-refractivity contribution in [2.75, 3.05) is 26.4 Å². The summed E-state index contributed by atoms with van der Waals surface area (Å²) < 4.78 is 59.3. The van der Waals surface area contributed by atoms with E-state index >= 15 is 0 Å². The van der Waals surface area contributed by atoms with Gasteiger partial charge in [-0.2, -0.15) is 8.42 Å². The summed E-state index contributed by atoms with van der Waals surface area (Å²) in [6.45, 7) is 4.04. The number of rotatable bonds is 47. The number of carbonyl (C=O) groups excluding carboxylic acids is 1. The molecule has 0 saturated carbocycles. The van der Waals surface area contributed by atoms with Crippen LogP contribution in [0.3, 0.4) is 0 Å². The topological polar surface area (TPSA) is 178 Å². The van der Waals surface area contributed by atoms with Crippen molar-refractivity contribution in [3.8, 4) is 0 Å². The van der Waals surface area contributed by atoms with Gasteiger partial charge in [-0.3, -0.25) is 9.35 Å².